The van der Waals surface area contributed by atoms with E-state index in [1.807, 2.05) is 6.07 Å². The van der Waals surface area contributed by atoms with Crippen LogP contribution in [-0.2, 0) is 10.2 Å². The van der Waals surface area contributed by atoms with E-state index >= 15 is 0 Å². The van der Waals surface area contributed by atoms with Crippen LogP contribution in [0, 0.1) is 0 Å². The molecule has 1 unspecified atom stereocenters. The van der Waals surface area contributed by atoms with Gasteiger partial charge in [-0.05, 0) is 48.2 Å². The molecule has 6 heteroatoms. The maximum absolute atomic E-state index is 13.2. The molecule has 2 aromatic heterocycles. The van der Waals surface area contributed by atoms with Crippen molar-refractivity contribution in [2.45, 2.75) is 39.0 Å². The zero-order chi connectivity index (χ0) is 19.9. The van der Waals surface area contributed by atoms with Gasteiger partial charge in [-0.15, -0.1) is 0 Å². The smallest absolute Gasteiger partial charge is 0.310 e. The highest BCUT2D eigenvalue weighted by Crippen LogP contribution is 2.33. The molecule has 0 fully saturated rings. The summed E-state index contributed by atoms with van der Waals surface area (Å²) in [4.78, 5) is 32.1. The van der Waals surface area contributed by atoms with Gasteiger partial charge in [0.25, 0.3) is 0 Å². The Morgan fingerprint density at radius 1 is 1.19 bits per heavy atom. The number of carboxylic acids is 1. The Morgan fingerprint density at radius 2 is 1.89 bits per heavy atom. The van der Waals surface area contributed by atoms with Crippen LogP contribution in [-0.4, -0.2) is 26.8 Å². The lowest BCUT2D eigenvalue weighted by Gasteiger charge is -2.19. The third-order valence-corrected chi connectivity index (χ3v) is 4.92. The van der Waals surface area contributed by atoms with E-state index in [2.05, 4.69) is 30.7 Å². The minimum Gasteiger partial charge on any atom is -0.481 e. The summed E-state index contributed by atoms with van der Waals surface area (Å²) in [5.74, 6) is -2.22. The maximum Gasteiger partial charge on any atom is 0.310 e. The number of aliphatic carboxylic acids is 1. The van der Waals surface area contributed by atoms with Crippen molar-refractivity contribution in [3.8, 4) is 0 Å². The first-order valence-electron chi connectivity index (χ1n) is 8.64. The molecule has 0 saturated heterocycles. The van der Waals surface area contributed by atoms with E-state index in [0.29, 0.717) is 21.5 Å². The molecular weight excluding hydrogens is 364 g/mol. The van der Waals surface area contributed by atoms with Gasteiger partial charge in [0, 0.05) is 27.7 Å². The molecule has 3 rings (SSSR count). The van der Waals surface area contributed by atoms with Gasteiger partial charge in [0.15, 0.2) is 0 Å². The average molecular weight is 385 g/mol. The first-order chi connectivity index (χ1) is 12.6. The number of carboxylic acid groups (broad SMARTS) is 1. The number of halogens is 1. The van der Waals surface area contributed by atoms with Crippen LogP contribution in [0.3, 0.4) is 0 Å². The number of benzene rings is 1. The van der Waals surface area contributed by atoms with Crippen molar-refractivity contribution >= 4 is 34.3 Å². The molecule has 2 N–H and O–H groups in total. The van der Waals surface area contributed by atoms with Crippen LogP contribution < -0.4 is 0 Å². The van der Waals surface area contributed by atoms with E-state index in [0.717, 1.165) is 5.56 Å². The van der Waals surface area contributed by atoms with Crippen molar-refractivity contribution in [1.82, 2.24) is 9.97 Å². The Hall–Kier alpha value is -2.66. The number of nitrogens with one attached hydrogen (secondary N) is 1. The van der Waals surface area contributed by atoms with Gasteiger partial charge >= 0.3 is 5.97 Å². The van der Waals surface area contributed by atoms with Crippen LogP contribution in [0.2, 0.25) is 5.02 Å². The number of carbonyl (C=O) groups is 2. The van der Waals surface area contributed by atoms with E-state index in [1.165, 1.54) is 0 Å². The Kier molecular flexibility index (Phi) is 4.82. The van der Waals surface area contributed by atoms with Gasteiger partial charge in [-0.1, -0.05) is 32.4 Å². The quantitative estimate of drug-likeness (QED) is 0.624. The fraction of sp³-hybridized carbons (Fsp3) is 0.286. The van der Waals surface area contributed by atoms with Crippen molar-refractivity contribution in [2.75, 3.05) is 0 Å². The van der Waals surface area contributed by atoms with Gasteiger partial charge in [0.2, 0.25) is 5.78 Å². The maximum atomic E-state index is 13.2. The van der Waals surface area contributed by atoms with Gasteiger partial charge in [-0.25, -0.2) is 0 Å². The normalized spacial score (nSPS) is 12.9. The van der Waals surface area contributed by atoms with Crippen LogP contribution in [0.4, 0.5) is 0 Å². The van der Waals surface area contributed by atoms with Crippen molar-refractivity contribution in [3.63, 3.8) is 0 Å². The Morgan fingerprint density at radius 3 is 2.52 bits per heavy atom. The highest BCUT2D eigenvalue weighted by atomic mass is 35.5. The van der Waals surface area contributed by atoms with Gasteiger partial charge in [-0.2, -0.15) is 0 Å². The number of H-pyrrole nitrogens is 1. The van der Waals surface area contributed by atoms with Crippen molar-refractivity contribution in [2.24, 2.45) is 0 Å². The number of hydrogen-bond donors (Lipinski definition) is 2. The fourth-order valence-electron chi connectivity index (χ4n) is 3.09. The number of ketones is 1. The number of hydrogen-bond acceptors (Lipinski definition) is 3. The molecule has 140 valence electrons. The molecule has 2 heterocycles. The van der Waals surface area contributed by atoms with Gasteiger partial charge in [0.1, 0.15) is 5.69 Å². The predicted octanol–water partition coefficient (Wildman–Crippen LogP) is 4.93. The fourth-order valence-corrected chi connectivity index (χ4v) is 3.26. The third-order valence-electron chi connectivity index (χ3n) is 4.69. The van der Waals surface area contributed by atoms with Crippen LogP contribution in [0.1, 0.15) is 60.9 Å². The Balaban J connectivity index is 2.20. The Labute approximate surface area is 162 Å². The molecule has 0 spiro atoms. The molecule has 5 nitrogen and oxygen atoms in total. The predicted molar refractivity (Wildman–Crippen MR) is 106 cm³/mol. The van der Waals surface area contributed by atoms with E-state index in [9.17, 15) is 14.7 Å². The van der Waals surface area contributed by atoms with Crippen LogP contribution in [0.25, 0.3) is 10.9 Å². The monoisotopic (exact) mass is 384 g/mol. The first-order valence-corrected chi connectivity index (χ1v) is 9.02. The number of fused-ring (bicyclic) bond motifs is 1. The number of nitrogens with zero attached hydrogens (tertiary/aromatic N) is 1. The van der Waals surface area contributed by atoms with Gasteiger partial charge in [0.05, 0.1) is 11.6 Å². The summed E-state index contributed by atoms with van der Waals surface area (Å²) >= 11 is 6.09. The molecule has 3 aromatic rings. The summed E-state index contributed by atoms with van der Waals surface area (Å²) in [6, 6.07) is 8.75. The highest BCUT2D eigenvalue weighted by molar-refractivity contribution is 6.31. The number of carbonyl (C=O) groups excluding carboxylic acids is 1. The van der Waals surface area contributed by atoms with Crippen LogP contribution in [0.15, 0.2) is 36.5 Å². The summed E-state index contributed by atoms with van der Waals surface area (Å²) < 4.78 is 0. The largest absolute Gasteiger partial charge is 0.481 e. The summed E-state index contributed by atoms with van der Waals surface area (Å²) in [5.41, 5.74) is 2.45. The van der Waals surface area contributed by atoms with Gasteiger partial charge in [-0.3, -0.25) is 14.6 Å². The zero-order valence-corrected chi connectivity index (χ0v) is 16.4. The third kappa shape index (κ3) is 3.60. The Bertz CT molecular complexity index is 1050. The number of aromatic nitrogens is 2. The van der Waals surface area contributed by atoms with E-state index < -0.39 is 11.9 Å². The molecular formula is C21H21ClN2O3. The summed E-state index contributed by atoms with van der Waals surface area (Å²) in [6.45, 7) is 7.72. The number of aromatic amines is 1. The summed E-state index contributed by atoms with van der Waals surface area (Å²) in [5, 5.41) is 10.6. The summed E-state index contributed by atoms with van der Waals surface area (Å²) in [7, 11) is 0. The lowest BCUT2D eigenvalue weighted by molar-refractivity contribution is -0.138. The SMILES string of the molecule is CC(C(=O)O)c1c(C(=O)c2cc(C(C)(C)C)ccn2)[nH]c2ccc(Cl)cc12. The van der Waals surface area contributed by atoms with E-state index in [1.54, 1.807) is 37.4 Å². The lowest BCUT2D eigenvalue weighted by atomic mass is 9.87. The topological polar surface area (TPSA) is 83.0 Å². The van der Waals surface area contributed by atoms with Crippen molar-refractivity contribution in [1.29, 1.82) is 0 Å². The standard InChI is InChI=1S/C21H21ClN2O3/c1-11(20(26)27)17-14-10-13(22)5-6-15(14)24-18(17)19(25)16-9-12(7-8-23-16)21(2,3)4/h5-11,24H,1-4H3,(H,26,27). The second-order valence-electron chi connectivity index (χ2n) is 7.67. The minimum absolute atomic E-state index is 0.136. The number of rotatable bonds is 4. The molecule has 0 aliphatic rings. The highest BCUT2D eigenvalue weighted by Gasteiger charge is 2.28. The second-order valence-corrected chi connectivity index (χ2v) is 8.11. The number of pyridine rings is 1. The molecule has 27 heavy (non-hydrogen) atoms. The van der Waals surface area contributed by atoms with Crippen LogP contribution >= 0.6 is 11.6 Å². The first kappa shape index (κ1) is 19.1. The minimum atomic E-state index is -1.01. The average Bonchev–Trinajstić information content (AvgIpc) is 2.98. The van der Waals surface area contributed by atoms with E-state index in [4.69, 9.17) is 11.6 Å². The molecule has 0 bridgehead atoms. The molecule has 0 aliphatic heterocycles. The van der Waals surface area contributed by atoms with Crippen LogP contribution in [0.5, 0.6) is 0 Å². The molecule has 0 saturated carbocycles. The van der Waals surface area contributed by atoms with Gasteiger partial charge < -0.3 is 10.1 Å². The molecule has 1 atom stereocenters. The molecule has 0 radical (unpaired) electrons. The summed E-state index contributed by atoms with van der Waals surface area (Å²) in [6.07, 6.45) is 1.60. The molecule has 1 aromatic carbocycles. The van der Waals surface area contributed by atoms with Crippen molar-refractivity contribution in [3.05, 3.63) is 64.1 Å². The zero-order valence-electron chi connectivity index (χ0n) is 15.6. The van der Waals surface area contributed by atoms with E-state index in [-0.39, 0.29) is 22.6 Å². The second kappa shape index (κ2) is 6.82. The molecule has 0 amide bonds. The molecule has 0 aliphatic carbocycles. The van der Waals surface area contributed by atoms with Crippen molar-refractivity contribution < 1.29 is 14.7 Å². The lowest BCUT2D eigenvalue weighted by Crippen LogP contribution is -2.16.